The first-order valence-electron chi connectivity index (χ1n) is 8.96. The molecule has 1 atom stereocenters. The Bertz CT molecular complexity index is 702. The van der Waals surface area contributed by atoms with Crippen LogP contribution < -0.4 is 0 Å². The molecule has 6 nitrogen and oxygen atoms in total. The van der Waals surface area contributed by atoms with E-state index in [1.807, 2.05) is 24.0 Å². The van der Waals surface area contributed by atoms with Gasteiger partial charge in [-0.1, -0.05) is 41.9 Å². The van der Waals surface area contributed by atoms with E-state index < -0.39 is 0 Å². The molecule has 0 spiro atoms. The lowest BCUT2D eigenvalue weighted by Gasteiger charge is -2.36. The van der Waals surface area contributed by atoms with Crippen LogP contribution in [-0.2, 0) is 17.6 Å². The van der Waals surface area contributed by atoms with Crippen molar-refractivity contribution in [3.8, 4) is 0 Å². The molecule has 1 aromatic heterocycles. The molecule has 1 aliphatic heterocycles. The molecule has 1 fully saturated rings. The molecule has 0 bridgehead atoms. The van der Waals surface area contributed by atoms with E-state index in [0.717, 1.165) is 44.0 Å². The molecule has 2 aromatic rings. The highest BCUT2D eigenvalue weighted by Crippen LogP contribution is 2.20. The predicted octanol–water partition coefficient (Wildman–Crippen LogP) is 2.39. The molecule has 1 aromatic carbocycles. The summed E-state index contributed by atoms with van der Waals surface area (Å²) in [6, 6.07) is 8.26. The Balaban J connectivity index is 1.52. The molecule has 1 aliphatic rings. The molecule has 0 N–H and O–H groups in total. The van der Waals surface area contributed by atoms with Crippen LogP contribution in [0.4, 0.5) is 0 Å². The number of rotatable bonds is 5. The van der Waals surface area contributed by atoms with Gasteiger partial charge in [-0.05, 0) is 19.4 Å². The summed E-state index contributed by atoms with van der Waals surface area (Å²) >= 11 is 0. The molecule has 0 radical (unpaired) electrons. The van der Waals surface area contributed by atoms with Gasteiger partial charge in [0.25, 0.3) is 0 Å². The van der Waals surface area contributed by atoms with Crippen molar-refractivity contribution in [1.82, 2.24) is 19.9 Å². The smallest absolute Gasteiger partial charge is 0.243 e. The number of carbonyl (C=O) groups excluding carboxylic acids is 1. The van der Waals surface area contributed by atoms with E-state index in [1.54, 1.807) is 0 Å². The highest BCUT2D eigenvalue weighted by molar-refractivity contribution is 5.78. The van der Waals surface area contributed by atoms with Crippen LogP contribution in [0.15, 0.2) is 28.8 Å². The zero-order valence-electron chi connectivity index (χ0n) is 15.2. The van der Waals surface area contributed by atoms with E-state index in [9.17, 15) is 4.79 Å². The Morgan fingerprint density at radius 1 is 1.20 bits per heavy atom. The molecule has 1 saturated heterocycles. The van der Waals surface area contributed by atoms with Crippen molar-refractivity contribution in [2.75, 3.05) is 26.2 Å². The SMILES string of the molecule is CCc1noc([C@@H](C)N2CCN(C(=O)Cc3ccc(C)cc3)CC2)n1. The van der Waals surface area contributed by atoms with Gasteiger partial charge >= 0.3 is 0 Å². The zero-order valence-corrected chi connectivity index (χ0v) is 15.2. The third-order valence-electron chi connectivity index (χ3n) is 4.85. The van der Waals surface area contributed by atoms with Gasteiger partial charge in [-0.3, -0.25) is 9.69 Å². The molecule has 6 heteroatoms. The van der Waals surface area contributed by atoms with Crippen molar-refractivity contribution >= 4 is 5.91 Å². The maximum absolute atomic E-state index is 12.5. The minimum atomic E-state index is 0.0853. The Labute approximate surface area is 148 Å². The molecule has 0 aliphatic carbocycles. The summed E-state index contributed by atoms with van der Waals surface area (Å²) in [5.74, 6) is 1.60. The number of hydrogen-bond donors (Lipinski definition) is 0. The number of carbonyl (C=O) groups is 1. The summed E-state index contributed by atoms with van der Waals surface area (Å²) in [6.45, 7) is 9.27. The van der Waals surface area contributed by atoms with Gasteiger partial charge < -0.3 is 9.42 Å². The van der Waals surface area contributed by atoms with E-state index in [4.69, 9.17) is 4.52 Å². The van der Waals surface area contributed by atoms with Crippen LogP contribution in [0, 0.1) is 6.92 Å². The summed E-state index contributed by atoms with van der Waals surface area (Å²) in [6.07, 6.45) is 1.25. The molecule has 0 saturated carbocycles. The van der Waals surface area contributed by atoms with Crippen LogP contribution >= 0.6 is 0 Å². The third-order valence-corrected chi connectivity index (χ3v) is 4.85. The van der Waals surface area contributed by atoms with Gasteiger partial charge in [0, 0.05) is 32.6 Å². The number of piperazine rings is 1. The van der Waals surface area contributed by atoms with Crippen LogP contribution in [0.2, 0.25) is 0 Å². The first-order valence-corrected chi connectivity index (χ1v) is 8.96. The van der Waals surface area contributed by atoms with Crippen LogP contribution in [0.1, 0.15) is 42.7 Å². The van der Waals surface area contributed by atoms with Crippen LogP contribution in [0.3, 0.4) is 0 Å². The summed E-state index contributed by atoms with van der Waals surface area (Å²) in [4.78, 5) is 21.2. The third kappa shape index (κ3) is 4.25. The lowest BCUT2D eigenvalue weighted by atomic mass is 10.1. The van der Waals surface area contributed by atoms with Crippen molar-refractivity contribution in [2.45, 2.75) is 39.7 Å². The highest BCUT2D eigenvalue weighted by atomic mass is 16.5. The highest BCUT2D eigenvalue weighted by Gasteiger charge is 2.27. The second-order valence-corrected chi connectivity index (χ2v) is 6.66. The van der Waals surface area contributed by atoms with Gasteiger partial charge in [0.1, 0.15) is 0 Å². The standard InChI is InChI=1S/C19H26N4O2/c1-4-17-20-19(25-21-17)15(3)22-9-11-23(12-10-22)18(24)13-16-7-5-14(2)6-8-16/h5-8,15H,4,9-13H2,1-3H3/t15-/m1/s1. The molecule has 25 heavy (non-hydrogen) atoms. The minimum Gasteiger partial charge on any atom is -0.340 e. The predicted molar refractivity (Wildman–Crippen MR) is 95.1 cm³/mol. The van der Waals surface area contributed by atoms with Crippen LogP contribution in [-0.4, -0.2) is 52.0 Å². The van der Waals surface area contributed by atoms with Crippen molar-refractivity contribution in [2.24, 2.45) is 0 Å². The zero-order chi connectivity index (χ0) is 17.8. The van der Waals surface area contributed by atoms with Gasteiger partial charge in [-0.25, -0.2) is 0 Å². The average Bonchev–Trinajstić information content (AvgIpc) is 3.12. The maximum Gasteiger partial charge on any atom is 0.243 e. The molecule has 3 rings (SSSR count). The molecule has 0 unspecified atom stereocenters. The first-order chi connectivity index (χ1) is 12.1. The summed E-state index contributed by atoms with van der Waals surface area (Å²) in [5.41, 5.74) is 2.29. The first kappa shape index (κ1) is 17.6. The van der Waals surface area contributed by atoms with E-state index in [0.29, 0.717) is 12.3 Å². The maximum atomic E-state index is 12.5. The number of aromatic nitrogens is 2. The molecule has 2 heterocycles. The Hall–Kier alpha value is -2.21. The Kier molecular flexibility index (Phi) is 5.48. The number of benzene rings is 1. The number of nitrogens with zero attached hydrogens (tertiary/aromatic N) is 4. The van der Waals surface area contributed by atoms with Gasteiger partial charge in [-0.15, -0.1) is 0 Å². The van der Waals surface area contributed by atoms with Crippen molar-refractivity contribution in [3.63, 3.8) is 0 Å². The molecular weight excluding hydrogens is 316 g/mol. The average molecular weight is 342 g/mol. The van der Waals surface area contributed by atoms with Crippen LogP contribution in [0.5, 0.6) is 0 Å². The van der Waals surface area contributed by atoms with E-state index in [2.05, 4.69) is 41.0 Å². The van der Waals surface area contributed by atoms with Crippen molar-refractivity contribution in [1.29, 1.82) is 0 Å². The van der Waals surface area contributed by atoms with E-state index in [-0.39, 0.29) is 11.9 Å². The largest absolute Gasteiger partial charge is 0.340 e. The summed E-state index contributed by atoms with van der Waals surface area (Å²) < 4.78 is 5.35. The fraction of sp³-hybridized carbons (Fsp3) is 0.526. The van der Waals surface area contributed by atoms with Gasteiger partial charge in [0.15, 0.2) is 5.82 Å². The normalized spacial score (nSPS) is 16.8. The number of hydrogen-bond acceptors (Lipinski definition) is 5. The van der Waals surface area contributed by atoms with Gasteiger partial charge in [0.05, 0.1) is 12.5 Å². The topological polar surface area (TPSA) is 62.5 Å². The summed E-state index contributed by atoms with van der Waals surface area (Å²) in [7, 11) is 0. The lowest BCUT2D eigenvalue weighted by Crippen LogP contribution is -2.49. The summed E-state index contributed by atoms with van der Waals surface area (Å²) in [5, 5.41) is 3.97. The Morgan fingerprint density at radius 2 is 1.88 bits per heavy atom. The Morgan fingerprint density at radius 3 is 2.48 bits per heavy atom. The molecular formula is C19H26N4O2. The monoisotopic (exact) mass is 342 g/mol. The molecule has 134 valence electrons. The van der Waals surface area contributed by atoms with Crippen molar-refractivity contribution < 1.29 is 9.32 Å². The lowest BCUT2D eigenvalue weighted by molar-refractivity contribution is -0.132. The minimum absolute atomic E-state index is 0.0853. The second kappa shape index (κ2) is 7.78. The van der Waals surface area contributed by atoms with Gasteiger partial charge in [0.2, 0.25) is 11.8 Å². The molecule has 1 amide bonds. The fourth-order valence-electron chi connectivity index (χ4n) is 3.09. The second-order valence-electron chi connectivity index (χ2n) is 6.66. The fourth-order valence-corrected chi connectivity index (χ4v) is 3.09. The van der Waals surface area contributed by atoms with Crippen LogP contribution in [0.25, 0.3) is 0 Å². The number of aryl methyl sites for hydroxylation is 2. The van der Waals surface area contributed by atoms with Crippen molar-refractivity contribution in [3.05, 3.63) is 47.1 Å². The quantitative estimate of drug-likeness (QED) is 0.835. The van der Waals surface area contributed by atoms with E-state index >= 15 is 0 Å². The van der Waals surface area contributed by atoms with E-state index in [1.165, 1.54) is 5.56 Å². The van der Waals surface area contributed by atoms with Gasteiger partial charge in [-0.2, -0.15) is 4.98 Å². The number of amides is 1.